The number of hydrogen-bond acceptors (Lipinski definition) is 11. The average Bonchev–Trinajstić information content (AvgIpc) is 3.96. The topological polar surface area (TPSA) is 160 Å². The van der Waals surface area contributed by atoms with Gasteiger partial charge in [-0.15, -0.1) is 0 Å². The Morgan fingerprint density at radius 3 is 1.80 bits per heavy atom. The molecule has 5 atom stereocenters. The number of nitrogens with zero attached hydrogens (tertiary/aromatic N) is 7. The van der Waals surface area contributed by atoms with Gasteiger partial charge in [-0.2, -0.15) is 10.2 Å². The van der Waals surface area contributed by atoms with Crippen LogP contribution in [-0.4, -0.2) is 71.7 Å². The fourth-order valence-electron chi connectivity index (χ4n) is 8.59. The predicted molar refractivity (Wildman–Crippen MR) is 211 cm³/mol. The number of carbonyl (C=O) groups excluding carboxylic acids is 2. The molecule has 0 radical (unpaired) electrons. The minimum Gasteiger partial charge on any atom is -0.466 e. The highest BCUT2D eigenvalue weighted by atomic mass is 16.5. The zero-order chi connectivity index (χ0) is 40.0. The molecular weight excluding hydrogens is 709 g/mol. The Bertz CT molecular complexity index is 1990. The zero-order valence-electron chi connectivity index (χ0n) is 34.6. The maximum absolute atomic E-state index is 12.4. The quantitative estimate of drug-likeness (QED) is 0.149. The standard InChI is InChI=1S/C24H34N4O3.C19H26N4O2/c1-5-30-23(29)24(4)10-9-18(15-24)20-12-16(2)25-21(26-20)14-19-13-17(3)28(27-19)22-8-6-7-11-31-22;1-5-25-18(24)19(4)7-6-14(11-19)16-9-12(2)20-17(21-16)10-15-8-13(3)22-23-15/h12-13,18,22H,5-11,14-15H2,1-4H3;8-9,14H,5-7,10-11H2,1-4H3,(H,22,23)/t18-,22?,24-;14-,19-/m11/s1. The molecule has 13 heteroatoms. The molecule has 3 aliphatic rings. The molecule has 0 spiro atoms. The van der Waals surface area contributed by atoms with E-state index in [1.54, 1.807) is 0 Å². The van der Waals surface area contributed by atoms with Gasteiger partial charge in [0, 0.05) is 52.6 Å². The summed E-state index contributed by atoms with van der Waals surface area (Å²) < 4.78 is 18.5. The Hall–Kier alpha value is -4.52. The number of aromatic nitrogens is 8. The molecule has 7 rings (SSSR count). The zero-order valence-corrected chi connectivity index (χ0v) is 34.6. The number of hydrogen-bond donors (Lipinski definition) is 1. The molecule has 0 aromatic carbocycles. The highest BCUT2D eigenvalue weighted by Crippen LogP contribution is 2.48. The molecule has 2 saturated carbocycles. The van der Waals surface area contributed by atoms with Gasteiger partial charge in [-0.3, -0.25) is 14.7 Å². The summed E-state index contributed by atoms with van der Waals surface area (Å²) in [5, 5.41) is 12.0. The summed E-state index contributed by atoms with van der Waals surface area (Å²) in [6, 6.07) is 8.22. The third kappa shape index (κ3) is 9.88. The fourth-order valence-corrected chi connectivity index (χ4v) is 8.59. The number of aromatic amines is 1. The number of nitrogens with one attached hydrogen (secondary N) is 1. The van der Waals surface area contributed by atoms with E-state index in [2.05, 4.69) is 39.2 Å². The monoisotopic (exact) mass is 768 g/mol. The van der Waals surface area contributed by atoms with Crippen LogP contribution in [0.1, 0.15) is 161 Å². The van der Waals surface area contributed by atoms with Gasteiger partial charge >= 0.3 is 11.9 Å². The molecule has 56 heavy (non-hydrogen) atoms. The molecule has 4 aromatic rings. The van der Waals surface area contributed by atoms with Crippen molar-refractivity contribution in [1.82, 2.24) is 39.9 Å². The van der Waals surface area contributed by atoms with Crippen LogP contribution in [0, 0.1) is 38.5 Å². The van der Waals surface area contributed by atoms with Crippen molar-refractivity contribution in [3.63, 3.8) is 0 Å². The number of aryl methyl sites for hydroxylation is 4. The molecule has 2 aliphatic carbocycles. The largest absolute Gasteiger partial charge is 0.466 e. The van der Waals surface area contributed by atoms with Crippen LogP contribution in [0.3, 0.4) is 0 Å². The van der Waals surface area contributed by atoms with Crippen LogP contribution in [0.25, 0.3) is 0 Å². The molecule has 5 heterocycles. The van der Waals surface area contributed by atoms with Gasteiger partial charge < -0.3 is 14.2 Å². The second-order valence-electron chi connectivity index (χ2n) is 16.6. The van der Waals surface area contributed by atoms with Crippen molar-refractivity contribution in [3.05, 3.63) is 81.5 Å². The van der Waals surface area contributed by atoms with Crippen molar-refractivity contribution < 1.29 is 23.8 Å². The van der Waals surface area contributed by atoms with E-state index >= 15 is 0 Å². The van der Waals surface area contributed by atoms with Crippen LogP contribution in [0.4, 0.5) is 0 Å². The normalized spacial score (nSPS) is 24.8. The van der Waals surface area contributed by atoms with Gasteiger partial charge in [-0.1, -0.05) is 0 Å². The summed E-state index contributed by atoms with van der Waals surface area (Å²) in [7, 11) is 0. The smallest absolute Gasteiger partial charge is 0.311 e. The fraction of sp³-hybridized carbons (Fsp3) is 0.628. The lowest BCUT2D eigenvalue weighted by atomic mass is 9.87. The molecule has 302 valence electrons. The van der Waals surface area contributed by atoms with Gasteiger partial charge in [0.25, 0.3) is 0 Å². The Balaban J connectivity index is 0.000000194. The molecule has 3 fully saturated rings. The van der Waals surface area contributed by atoms with Crippen LogP contribution < -0.4 is 0 Å². The van der Waals surface area contributed by atoms with Crippen molar-refractivity contribution >= 4 is 11.9 Å². The minimum atomic E-state index is -0.421. The van der Waals surface area contributed by atoms with Crippen LogP contribution in [-0.2, 0) is 36.6 Å². The van der Waals surface area contributed by atoms with Crippen LogP contribution in [0.2, 0.25) is 0 Å². The Morgan fingerprint density at radius 2 is 1.32 bits per heavy atom. The molecule has 0 amide bonds. The lowest BCUT2D eigenvalue weighted by Gasteiger charge is -2.23. The van der Waals surface area contributed by atoms with Gasteiger partial charge in [-0.25, -0.2) is 24.6 Å². The Kier molecular flexibility index (Phi) is 13.0. The Morgan fingerprint density at radius 1 is 0.768 bits per heavy atom. The lowest BCUT2D eigenvalue weighted by molar-refractivity contribution is -0.154. The number of rotatable bonds is 11. The SMILES string of the molecule is CCOC(=O)[C@]1(C)CC[C@@H](c2cc(C)nc(Cc3cc(C)[nH]n3)n2)C1.CCOC(=O)[C@]1(C)CC[C@@H](c2cc(C)nc(Cc3cc(C)n(C4CCCCO4)n3)n2)C1. The van der Waals surface area contributed by atoms with Gasteiger partial charge in [0.2, 0.25) is 0 Å². The number of H-pyrrole nitrogens is 1. The minimum absolute atomic E-state index is 0.0375. The summed E-state index contributed by atoms with van der Waals surface area (Å²) in [4.78, 5) is 43.5. The highest BCUT2D eigenvalue weighted by molar-refractivity contribution is 5.77. The first-order chi connectivity index (χ1) is 26.8. The van der Waals surface area contributed by atoms with Crippen molar-refractivity contribution in [2.24, 2.45) is 10.8 Å². The van der Waals surface area contributed by atoms with E-state index in [1.165, 1.54) is 6.42 Å². The second-order valence-corrected chi connectivity index (χ2v) is 16.6. The predicted octanol–water partition coefficient (Wildman–Crippen LogP) is 7.66. The van der Waals surface area contributed by atoms with Crippen LogP contribution in [0.15, 0.2) is 24.3 Å². The highest BCUT2D eigenvalue weighted by Gasteiger charge is 2.44. The first-order valence-electron chi connectivity index (χ1n) is 20.5. The summed E-state index contributed by atoms with van der Waals surface area (Å²) in [6.07, 6.45) is 9.67. The van der Waals surface area contributed by atoms with Gasteiger partial charge in [0.1, 0.15) is 17.9 Å². The third-order valence-corrected chi connectivity index (χ3v) is 11.5. The summed E-state index contributed by atoms with van der Waals surface area (Å²) in [5.41, 5.74) is 7.19. The van der Waals surface area contributed by atoms with Crippen LogP contribution >= 0.6 is 0 Å². The van der Waals surface area contributed by atoms with Crippen molar-refractivity contribution in [1.29, 1.82) is 0 Å². The van der Waals surface area contributed by atoms with Crippen molar-refractivity contribution in [2.75, 3.05) is 19.8 Å². The molecule has 13 nitrogen and oxygen atoms in total. The van der Waals surface area contributed by atoms with E-state index < -0.39 is 10.8 Å². The molecule has 4 aromatic heterocycles. The van der Waals surface area contributed by atoms with Gasteiger partial charge in [-0.05, 0) is 137 Å². The van der Waals surface area contributed by atoms with E-state index in [0.717, 1.165) is 115 Å². The summed E-state index contributed by atoms with van der Waals surface area (Å²) >= 11 is 0. The van der Waals surface area contributed by atoms with Crippen molar-refractivity contribution in [2.45, 2.75) is 144 Å². The van der Waals surface area contributed by atoms with E-state index in [0.29, 0.717) is 26.1 Å². The molecule has 1 N–H and O–H groups in total. The number of carbonyl (C=O) groups is 2. The van der Waals surface area contributed by atoms with Gasteiger partial charge in [0.05, 0.1) is 48.3 Å². The average molecular weight is 769 g/mol. The molecular formula is C43H60N8O5. The molecule has 1 aliphatic heterocycles. The number of ether oxygens (including phenoxy) is 3. The van der Waals surface area contributed by atoms with E-state index in [9.17, 15) is 9.59 Å². The first kappa shape index (κ1) is 41.1. The molecule has 1 unspecified atom stereocenters. The molecule has 1 saturated heterocycles. The Labute approximate surface area is 331 Å². The summed E-state index contributed by atoms with van der Waals surface area (Å²) in [6.45, 7) is 17.4. The number of esters is 2. The van der Waals surface area contributed by atoms with Crippen LogP contribution in [0.5, 0.6) is 0 Å². The van der Waals surface area contributed by atoms with Crippen molar-refractivity contribution in [3.8, 4) is 0 Å². The second kappa shape index (κ2) is 17.7. The summed E-state index contributed by atoms with van der Waals surface area (Å²) in [5.74, 6) is 1.92. The maximum Gasteiger partial charge on any atom is 0.311 e. The van der Waals surface area contributed by atoms with Gasteiger partial charge in [0.15, 0.2) is 0 Å². The van der Waals surface area contributed by atoms with E-state index in [-0.39, 0.29) is 30.0 Å². The maximum atomic E-state index is 12.4. The van der Waals surface area contributed by atoms with E-state index in [4.69, 9.17) is 29.3 Å². The molecule has 0 bridgehead atoms. The lowest BCUT2D eigenvalue weighted by Crippen LogP contribution is -2.27. The third-order valence-electron chi connectivity index (χ3n) is 11.5. The van der Waals surface area contributed by atoms with E-state index in [1.807, 2.05) is 65.3 Å². The first-order valence-corrected chi connectivity index (χ1v) is 20.5.